The summed E-state index contributed by atoms with van der Waals surface area (Å²) >= 11 is 0. The van der Waals surface area contributed by atoms with Crippen LogP contribution in [0.4, 0.5) is 0 Å². The van der Waals surface area contributed by atoms with Gasteiger partial charge in [-0.3, -0.25) is 0 Å². The molecule has 0 fully saturated rings. The van der Waals surface area contributed by atoms with Gasteiger partial charge >= 0.3 is 5.97 Å². The number of fused-ring (bicyclic) bond motifs is 2. The molecule has 3 aromatic carbocycles. The number of hydrogen-bond donors (Lipinski definition) is 1. The second-order valence-electron chi connectivity index (χ2n) is 9.53. The SMILES string of the molecule is CCOc1ccc(C2C(C#N)=C(N)Oc3cc(OC(=O)c4oc5c(C)c(C)ccc5c4C)ccc32)cc1OCC. The summed E-state index contributed by atoms with van der Waals surface area (Å²) in [4.78, 5) is 13.1. The lowest BCUT2D eigenvalue weighted by atomic mass is 9.83. The van der Waals surface area contributed by atoms with Crippen LogP contribution in [0.3, 0.4) is 0 Å². The number of aryl methyl sites for hydroxylation is 3. The second-order valence-corrected chi connectivity index (χ2v) is 9.53. The van der Waals surface area contributed by atoms with Crippen molar-refractivity contribution in [3.05, 3.63) is 93.6 Å². The van der Waals surface area contributed by atoms with Gasteiger partial charge < -0.3 is 29.1 Å². The number of rotatable bonds is 7. The van der Waals surface area contributed by atoms with E-state index in [9.17, 15) is 10.1 Å². The van der Waals surface area contributed by atoms with E-state index >= 15 is 0 Å². The first kappa shape index (κ1) is 26.7. The minimum Gasteiger partial charge on any atom is -0.490 e. The van der Waals surface area contributed by atoms with Crippen LogP contribution in [0.15, 0.2) is 64.4 Å². The highest BCUT2D eigenvalue weighted by Gasteiger charge is 2.32. The topological polar surface area (TPSA) is 117 Å². The molecule has 2 N–H and O–H groups in total. The number of furan rings is 1. The van der Waals surface area contributed by atoms with Crippen LogP contribution in [0.2, 0.25) is 0 Å². The molecule has 204 valence electrons. The fourth-order valence-corrected chi connectivity index (χ4v) is 4.96. The molecule has 0 radical (unpaired) electrons. The number of nitrogens with zero attached hydrogens (tertiary/aromatic N) is 1. The van der Waals surface area contributed by atoms with Gasteiger partial charge in [0, 0.05) is 22.6 Å². The van der Waals surface area contributed by atoms with Gasteiger partial charge in [-0.05, 0) is 69.5 Å². The number of ether oxygens (including phenoxy) is 4. The Morgan fingerprint density at radius 3 is 2.45 bits per heavy atom. The van der Waals surface area contributed by atoms with E-state index in [1.54, 1.807) is 18.2 Å². The van der Waals surface area contributed by atoms with Crippen LogP contribution >= 0.6 is 0 Å². The predicted molar refractivity (Wildman–Crippen MR) is 150 cm³/mol. The Hall–Kier alpha value is -4.90. The van der Waals surface area contributed by atoms with Crippen LogP contribution in [0, 0.1) is 32.1 Å². The van der Waals surface area contributed by atoms with Gasteiger partial charge in [-0.25, -0.2) is 4.79 Å². The summed E-state index contributed by atoms with van der Waals surface area (Å²) in [5.74, 6) is 0.812. The van der Waals surface area contributed by atoms with E-state index in [2.05, 4.69) is 6.07 Å². The Kier molecular flexibility index (Phi) is 7.14. The first-order valence-electron chi connectivity index (χ1n) is 13.1. The van der Waals surface area contributed by atoms with E-state index in [1.165, 1.54) is 0 Å². The third kappa shape index (κ3) is 4.60. The smallest absolute Gasteiger partial charge is 0.379 e. The maximum absolute atomic E-state index is 13.1. The molecule has 1 aliphatic heterocycles. The maximum atomic E-state index is 13.1. The Labute approximate surface area is 232 Å². The summed E-state index contributed by atoms with van der Waals surface area (Å²) in [7, 11) is 0. The fraction of sp³-hybridized carbons (Fsp3) is 0.250. The Morgan fingerprint density at radius 2 is 1.73 bits per heavy atom. The number of hydrogen-bond acceptors (Lipinski definition) is 8. The Bertz CT molecular complexity index is 1710. The molecular weight excluding hydrogens is 508 g/mol. The number of nitriles is 1. The van der Waals surface area contributed by atoms with Crippen LogP contribution in [0.25, 0.3) is 11.0 Å². The van der Waals surface area contributed by atoms with Gasteiger partial charge in [0.05, 0.1) is 19.1 Å². The van der Waals surface area contributed by atoms with E-state index in [4.69, 9.17) is 29.1 Å². The van der Waals surface area contributed by atoms with Crippen molar-refractivity contribution in [1.29, 1.82) is 5.26 Å². The van der Waals surface area contributed by atoms with Gasteiger partial charge in [-0.2, -0.15) is 5.26 Å². The predicted octanol–water partition coefficient (Wildman–Crippen LogP) is 6.59. The molecule has 0 aliphatic carbocycles. The summed E-state index contributed by atoms with van der Waals surface area (Å²) in [5.41, 5.74) is 11.4. The Morgan fingerprint density at radius 1 is 0.975 bits per heavy atom. The third-order valence-corrected chi connectivity index (χ3v) is 7.11. The molecule has 4 aromatic rings. The standard InChI is InChI=1S/C32H30N2O6/c1-6-36-25-13-9-20(14-27(25)37-7-2)28-23-12-10-21(15-26(23)39-31(34)24(28)16-33)38-32(35)30-19(5)22-11-8-17(3)18(4)29(22)40-30/h8-15,28H,6-7,34H2,1-5H3. The maximum Gasteiger partial charge on any atom is 0.379 e. The Balaban J connectivity index is 1.50. The quantitative estimate of drug-likeness (QED) is 0.207. The molecule has 0 saturated heterocycles. The lowest BCUT2D eigenvalue weighted by molar-refractivity contribution is 0.0702. The van der Waals surface area contributed by atoms with E-state index in [0.29, 0.717) is 47.2 Å². The molecule has 0 amide bonds. The molecule has 0 saturated carbocycles. The van der Waals surface area contributed by atoms with Crippen molar-refractivity contribution in [2.24, 2.45) is 5.73 Å². The molecule has 1 aromatic heterocycles. The minimum absolute atomic E-state index is 0.0192. The first-order valence-corrected chi connectivity index (χ1v) is 13.1. The van der Waals surface area contributed by atoms with Gasteiger partial charge in [-0.1, -0.05) is 24.3 Å². The van der Waals surface area contributed by atoms with Crippen molar-refractivity contribution >= 4 is 16.9 Å². The molecule has 40 heavy (non-hydrogen) atoms. The molecule has 5 rings (SSSR count). The summed E-state index contributed by atoms with van der Waals surface area (Å²) in [6.45, 7) is 10.5. The number of esters is 1. The van der Waals surface area contributed by atoms with Crippen molar-refractivity contribution in [2.75, 3.05) is 13.2 Å². The molecule has 1 atom stereocenters. The zero-order chi connectivity index (χ0) is 28.6. The number of carbonyl (C=O) groups excluding carboxylic acids is 1. The zero-order valence-electron chi connectivity index (χ0n) is 23.1. The number of allylic oxidation sites excluding steroid dienone is 1. The summed E-state index contributed by atoms with van der Waals surface area (Å²) in [6, 6.07) is 16.7. The lowest BCUT2D eigenvalue weighted by Crippen LogP contribution is -2.21. The molecule has 1 aliphatic rings. The molecule has 0 bridgehead atoms. The summed E-state index contributed by atoms with van der Waals surface area (Å²) in [6.07, 6.45) is 0. The number of carbonyl (C=O) groups is 1. The monoisotopic (exact) mass is 538 g/mol. The van der Waals surface area contributed by atoms with Gasteiger partial charge in [-0.15, -0.1) is 0 Å². The lowest BCUT2D eigenvalue weighted by Gasteiger charge is -2.27. The average molecular weight is 539 g/mol. The highest BCUT2D eigenvalue weighted by Crippen LogP contribution is 2.45. The first-order chi connectivity index (χ1) is 19.3. The van der Waals surface area contributed by atoms with Crippen LogP contribution in [0.5, 0.6) is 23.0 Å². The van der Waals surface area contributed by atoms with E-state index < -0.39 is 11.9 Å². The van der Waals surface area contributed by atoms with Crippen molar-refractivity contribution in [2.45, 2.75) is 40.5 Å². The van der Waals surface area contributed by atoms with Crippen molar-refractivity contribution in [3.8, 4) is 29.1 Å². The number of benzene rings is 3. The van der Waals surface area contributed by atoms with E-state index in [-0.39, 0.29) is 23.0 Å². The van der Waals surface area contributed by atoms with Crippen LogP contribution in [-0.4, -0.2) is 19.2 Å². The number of nitrogens with two attached hydrogens (primary N) is 1. The normalized spacial score (nSPS) is 14.3. The second kappa shape index (κ2) is 10.7. The van der Waals surface area contributed by atoms with Gasteiger partial charge in [0.1, 0.15) is 28.7 Å². The minimum atomic E-state index is -0.618. The summed E-state index contributed by atoms with van der Waals surface area (Å²) < 4.78 is 29.0. The molecule has 2 heterocycles. The van der Waals surface area contributed by atoms with Crippen LogP contribution < -0.4 is 24.7 Å². The largest absolute Gasteiger partial charge is 0.490 e. The van der Waals surface area contributed by atoms with Crippen molar-refractivity contribution < 1.29 is 28.2 Å². The van der Waals surface area contributed by atoms with Crippen molar-refractivity contribution in [1.82, 2.24) is 0 Å². The van der Waals surface area contributed by atoms with Crippen molar-refractivity contribution in [3.63, 3.8) is 0 Å². The average Bonchev–Trinajstić information content (AvgIpc) is 3.28. The summed E-state index contributed by atoms with van der Waals surface area (Å²) in [5, 5.41) is 10.8. The highest BCUT2D eigenvalue weighted by atomic mass is 16.5. The van der Waals surface area contributed by atoms with E-state index in [0.717, 1.165) is 22.1 Å². The molecule has 8 heteroatoms. The van der Waals surface area contributed by atoms with E-state index in [1.807, 2.05) is 65.0 Å². The van der Waals surface area contributed by atoms with Gasteiger partial charge in [0.25, 0.3) is 0 Å². The molecule has 8 nitrogen and oxygen atoms in total. The molecular formula is C32H30N2O6. The van der Waals surface area contributed by atoms with Crippen LogP contribution in [0.1, 0.15) is 58.1 Å². The molecule has 1 unspecified atom stereocenters. The molecule has 0 spiro atoms. The van der Waals surface area contributed by atoms with Crippen LogP contribution in [-0.2, 0) is 0 Å². The third-order valence-electron chi connectivity index (χ3n) is 7.11. The van der Waals surface area contributed by atoms with Gasteiger partial charge in [0.15, 0.2) is 11.5 Å². The fourth-order valence-electron chi connectivity index (χ4n) is 4.96. The highest BCUT2D eigenvalue weighted by molar-refractivity contribution is 5.98. The zero-order valence-corrected chi connectivity index (χ0v) is 23.1. The van der Waals surface area contributed by atoms with Gasteiger partial charge in [0.2, 0.25) is 11.6 Å².